The number of hydrogen-bond acceptors (Lipinski definition) is 9. The lowest BCUT2D eigenvalue weighted by Gasteiger charge is -2.39. The Labute approximate surface area is 311 Å². The van der Waals surface area contributed by atoms with Crippen LogP contribution in [0.2, 0.25) is 0 Å². The number of amidine groups is 1. The molecule has 0 amide bonds. The Morgan fingerprint density at radius 2 is 1.69 bits per heavy atom. The van der Waals surface area contributed by atoms with Gasteiger partial charge in [-0.1, -0.05) is 40.2 Å². The topological polar surface area (TPSA) is 106 Å². The number of pyridine rings is 1. The van der Waals surface area contributed by atoms with Crippen LogP contribution < -0.4 is 21.5 Å². The molecule has 12 heteroatoms. The van der Waals surface area contributed by atoms with Gasteiger partial charge in [0.2, 0.25) is 0 Å². The van der Waals surface area contributed by atoms with E-state index in [0.717, 1.165) is 97.4 Å². The molecule has 2 bridgehead atoms. The molecule has 3 N–H and O–H groups in total. The quantitative estimate of drug-likeness (QED) is 0.233. The molecule has 7 rings (SSSR count). The van der Waals surface area contributed by atoms with Gasteiger partial charge in [-0.2, -0.15) is 5.26 Å². The molecule has 9 nitrogen and oxygen atoms in total. The Hall–Kier alpha value is -3.63. The van der Waals surface area contributed by atoms with Gasteiger partial charge in [0.25, 0.3) is 0 Å². The molecule has 52 heavy (non-hydrogen) atoms. The fourth-order valence-electron chi connectivity index (χ4n) is 8.15. The first-order valence-corrected chi connectivity index (χ1v) is 19.8. The number of thiophene rings is 1. The van der Waals surface area contributed by atoms with Crippen molar-refractivity contribution in [1.29, 1.82) is 5.26 Å². The number of piperidine rings is 1. The first-order chi connectivity index (χ1) is 25.1. The van der Waals surface area contributed by atoms with Crippen LogP contribution in [0.5, 0.6) is 0 Å². The van der Waals surface area contributed by atoms with Crippen molar-refractivity contribution < 1.29 is 13.5 Å². The summed E-state index contributed by atoms with van der Waals surface area (Å²) in [6.45, 7) is 18.1. The van der Waals surface area contributed by atoms with Gasteiger partial charge in [-0.25, -0.2) is 13.8 Å². The van der Waals surface area contributed by atoms with Crippen LogP contribution in [-0.4, -0.2) is 83.9 Å². The Bertz CT molecular complexity index is 1960. The summed E-state index contributed by atoms with van der Waals surface area (Å²) in [7, 11) is 4.28. The number of aliphatic imine (C=N–C) groups is 1. The van der Waals surface area contributed by atoms with Crippen LogP contribution >= 0.6 is 11.3 Å². The monoisotopic (exact) mass is 734 g/mol. The van der Waals surface area contributed by atoms with Gasteiger partial charge < -0.3 is 30.5 Å². The average Bonchev–Trinajstić information content (AvgIpc) is 3.85. The number of ether oxygens (including phenoxy) is 1. The molecule has 3 aromatic rings. The predicted octanol–water partition coefficient (Wildman–Crippen LogP) is 6.30. The summed E-state index contributed by atoms with van der Waals surface area (Å²) in [6.07, 6.45) is 5.93. The number of halogens is 2. The molecular weight excluding hydrogens is 679 g/mol. The zero-order valence-corrected chi connectivity index (χ0v) is 33.2. The van der Waals surface area contributed by atoms with Crippen molar-refractivity contribution in [3.63, 3.8) is 0 Å². The highest BCUT2D eigenvalue weighted by molar-refractivity contribution is 7.23. The summed E-state index contributed by atoms with van der Waals surface area (Å²) in [4.78, 5) is 17.0. The maximum Gasteiger partial charge on any atom is 0.159 e. The number of hydrogen-bond donors (Lipinski definition) is 2. The van der Waals surface area contributed by atoms with E-state index in [-0.39, 0.29) is 57.2 Å². The summed E-state index contributed by atoms with van der Waals surface area (Å²) in [5.41, 5.74) is 9.20. The van der Waals surface area contributed by atoms with Gasteiger partial charge in [0.05, 0.1) is 35.4 Å². The number of fused-ring (bicyclic) bond motifs is 4. The highest BCUT2D eigenvalue weighted by Crippen LogP contribution is 2.42. The molecule has 3 saturated heterocycles. The van der Waals surface area contributed by atoms with Gasteiger partial charge in [0.1, 0.15) is 28.5 Å². The lowest BCUT2D eigenvalue weighted by Crippen LogP contribution is -2.53. The molecule has 6 heterocycles. The van der Waals surface area contributed by atoms with Crippen molar-refractivity contribution in [1.82, 2.24) is 25.0 Å². The second-order valence-corrected chi connectivity index (χ2v) is 14.8. The molecule has 282 valence electrons. The van der Waals surface area contributed by atoms with Crippen molar-refractivity contribution in [2.75, 3.05) is 46.0 Å². The van der Waals surface area contributed by atoms with Crippen molar-refractivity contribution >= 4 is 43.7 Å². The third-order valence-electron chi connectivity index (χ3n) is 10.9. The summed E-state index contributed by atoms with van der Waals surface area (Å²) >= 11 is 0.989. The molecule has 4 aliphatic rings. The Morgan fingerprint density at radius 1 is 1.06 bits per heavy atom. The Kier molecular flexibility index (Phi) is 12.9. The van der Waals surface area contributed by atoms with Gasteiger partial charge in [-0.3, -0.25) is 4.98 Å². The van der Waals surface area contributed by atoms with Crippen molar-refractivity contribution in [3.8, 4) is 17.3 Å². The van der Waals surface area contributed by atoms with Crippen LogP contribution in [-0.2, 0) is 18.0 Å². The fraction of sp³-hybridized carbons (Fsp3) is 0.575. The van der Waals surface area contributed by atoms with E-state index < -0.39 is 11.6 Å². The third kappa shape index (κ3) is 7.05. The van der Waals surface area contributed by atoms with E-state index in [1.54, 1.807) is 0 Å². The van der Waals surface area contributed by atoms with E-state index in [4.69, 9.17) is 15.5 Å². The first kappa shape index (κ1) is 39.6. The SMILES string of the molecule is CC.CC.CCC(C)=c1c(F)c(-c2ncc(F)c3sc(N)c(C#N)c23)c2c(/c1=C(/N=C(\C)N1CCC(N(C)C)CC1)N1C3CCC1CNC3)COC2. The van der Waals surface area contributed by atoms with Gasteiger partial charge in [0, 0.05) is 65.7 Å². The van der Waals surface area contributed by atoms with E-state index in [1.807, 2.05) is 41.5 Å². The van der Waals surface area contributed by atoms with Gasteiger partial charge in [-0.15, -0.1) is 11.3 Å². The molecule has 0 spiro atoms. The maximum atomic E-state index is 17.7. The zero-order valence-electron chi connectivity index (χ0n) is 32.4. The van der Waals surface area contributed by atoms with Crippen LogP contribution in [0.15, 0.2) is 11.2 Å². The molecular formula is C40H56F2N8OS. The summed E-state index contributed by atoms with van der Waals surface area (Å²) in [6, 6.07) is 3.16. The number of nitriles is 1. The molecule has 0 radical (unpaired) electrons. The average molecular weight is 735 g/mol. The number of anilines is 1. The number of nitrogens with one attached hydrogen (secondary N) is 1. The van der Waals surface area contributed by atoms with Gasteiger partial charge in [-0.05, 0) is 71.2 Å². The fourth-order valence-corrected chi connectivity index (χ4v) is 9.07. The lowest BCUT2D eigenvalue weighted by atomic mass is 9.91. The van der Waals surface area contributed by atoms with E-state index in [2.05, 4.69) is 52.1 Å². The molecule has 2 atom stereocenters. The third-order valence-corrected chi connectivity index (χ3v) is 11.9. The second-order valence-electron chi connectivity index (χ2n) is 13.7. The number of nitrogens with two attached hydrogens (primary N) is 1. The highest BCUT2D eigenvalue weighted by atomic mass is 32.1. The van der Waals surface area contributed by atoms with E-state index >= 15 is 8.78 Å². The van der Waals surface area contributed by atoms with E-state index in [1.165, 1.54) is 0 Å². The minimum Gasteiger partial charge on any atom is -0.389 e. The normalized spacial score (nSPS) is 21.3. The second kappa shape index (κ2) is 17.0. The number of benzene rings is 1. The number of piperazine rings is 1. The number of rotatable bonds is 5. The van der Waals surface area contributed by atoms with Crippen molar-refractivity contribution in [3.05, 3.63) is 45.0 Å². The molecule has 2 unspecified atom stereocenters. The molecule has 1 aromatic carbocycles. The highest BCUT2D eigenvalue weighted by Gasteiger charge is 2.40. The largest absolute Gasteiger partial charge is 0.389 e. The summed E-state index contributed by atoms with van der Waals surface area (Å²) < 4.78 is 39.1. The molecule has 0 aliphatic carbocycles. The van der Waals surface area contributed by atoms with E-state index in [0.29, 0.717) is 23.2 Å². The molecule has 3 fully saturated rings. The van der Waals surface area contributed by atoms with Gasteiger partial charge >= 0.3 is 0 Å². The predicted molar refractivity (Wildman–Crippen MR) is 210 cm³/mol. The first-order valence-electron chi connectivity index (χ1n) is 19.0. The molecule has 2 aromatic heterocycles. The van der Waals surface area contributed by atoms with E-state index in [9.17, 15) is 5.26 Å². The number of nitrogens with zero attached hydrogens (tertiary/aromatic N) is 6. The van der Waals surface area contributed by atoms with Crippen LogP contribution in [0, 0.1) is 23.0 Å². The van der Waals surface area contributed by atoms with Crippen LogP contribution in [0.4, 0.5) is 13.8 Å². The zero-order chi connectivity index (χ0) is 37.9. The minimum atomic E-state index is -0.586. The van der Waals surface area contributed by atoms with Crippen molar-refractivity contribution in [2.24, 2.45) is 4.99 Å². The van der Waals surface area contributed by atoms with Crippen molar-refractivity contribution in [2.45, 2.75) is 112 Å². The number of nitrogen functional groups attached to an aromatic ring is 1. The minimum absolute atomic E-state index is 0.119. The standard InChI is InChI=1S/C36H44F2N8OS.2C2H6/c1-6-19(2)28-29(36(46-22-7-8-23(46)15-41-14-22)43-20(3)45-11-9-21(10-12-45)44(4)5)25-17-47-18-26(25)30(32(28)38)33-31-24(13-39)35(40)48-34(31)27(37)16-42-33;2*1-2/h16,21-23,41H,6-12,14-15,17-18,40H2,1-5H3;2*1-2H3/b28-19?,36-29+,43-20+;;. The number of aromatic nitrogens is 1. The van der Waals surface area contributed by atoms with Gasteiger partial charge in [0.15, 0.2) is 5.82 Å². The molecule has 4 aliphatic heterocycles. The Morgan fingerprint density at radius 3 is 2.29 bits per heavy atom. The van der Waals surface area contributed by atoms with Crippen LogP contribution in [0.1, 0.15) is 97.3 Å². The van der Waals surface area contributed by atoms with Crippen LogP contribution in [0.3, 0.4) is 0 Å². The maximum absolute atomic E-state index is 17.7. The molecule has 0 saturated carbocycles. The Balaban J connectivity index is 0.00000126. The summed E-state index contributed by atoms with van der Waals surface area (Å²) in [5.74, 6) is 0.715. The smallest absolute Gasteiger partial charge is 0.159 e. The summed E-state index contributed by atoms with van der Waals surface area (Å²) in [5, 5.41) is 15.3. The lowest BCUT2D eigenvalue weighted by molar-refractivity contribution is 0.134. The number of likely N-dealkylation sites (tertiary alicyclic amines) is 1. The van der Waals surface area contributed by atoms with Crippen LogP contribution in [0.25, 0.3) is 32.7 Å².